The summed E-state index contributed by atoms with van der Waals surface area (Å²) in [4.78, 5) is 14.2. The zero-order valence-electron chi connectivity index (χ0n) is 12.1. The molecule has 106 valence electrons. The number of aromatic nitrogens is 2. The van der Waals surface area contributed by atoms with Crippen LogP contribution < -0.4 is 5.32 Å². The van der Waals surface area contributed by atoms with Crippen LogP contribution in [0.1, 0.15) is 37.4 Å². The van der Waals surface area contributed by atoms with Gasteiger partial charge in [0.15, 0.2) is 0 Å². The van der Waals surface area contributed by atoms with Crippen LogP contribution in [0, 0.1) is 6.92 Å². The highest BCUT2D eigenvalue weighted by atomic mass is 16.2. The summed E-state index contributed by atoms with van der Waals surface area (Å²) in [6.45, 7) is 6.51. The van der Waals surface area contributed by atoms with Gasteiger partial charge in [-0.2, -0.15) is 5.10 Å². The van der Waals surface area contributed by atoms with Crippen LogP contribution in [0.15, 0.2) is 6.20 Å². The first-order chi connectivity index (χ1) is 9.09. The molecule has 0 bridgehead atoms. The standard InChI is InChI=1S/C14H24N4O/c1-11(14(19)18-7-5-4-6-8-18)15-9-13-10-16-17(3)12(13)2/h10-11,15H,4-9H2,1-3H3. The lowest BCUT2D eigenvalue weighted by Gasteiger charge is -2.29. The van der Waals surface area contributed by atoms with Gasteiger partial charge in [0.05, 0.1) is 12.2 Å². The first-order valence-corrected chi connectivity index (χ1v) is 7.09. The normalized spacial score (nSPS) is 17.5. The number of piperidine rings is 1. The Morgan fingerprint density at radius 1 is 1.42 bits per heavy atom. The molecule has 1 aliphatic heterocycles. The maximum Gasteiger partial charge on any atom is 0.239 e. The second-order valence-corrected chi connectivity index (χ2v) is 5.37. The SMILES string of the molecule is Cc1c(CNC(C)C(=O)N2CCCCC2)cnn1C. The Hall–Kier alpha value is -1.36. The van der Waals surface area contributed by atoms with Crippen LogP contribution in [0.4, 0.5) is 0 Å². The molecule has 0 aliphatic carbocycles. The molecule has 2 heterocycles. The van der Waals surface area contributed by atoms with Crippen LogP contribution in [0.2, 0.25) is 0 Å². The van der Waals surface area contributed by atoms with E-state index < -0.39 is 0 Å². The summed E-state index contributed by atoms with van der Waals surface area (Å²) in [7, 11) is 1.93. The average Bonchev–Trinajstić information content (AvgIpc) is 2.76. The molecule has 1 aliphatic rings. The first kappa shape index (κ1) is 14.1. The number of nitrogens with one attached hydrogen (secondary N) is 1. The van der Waals surface area contributed by atoms with Gasteiger partial charge in [-0.1, -0.05) is 0 Å². The molecule has 5 heteroatoms. The van der Waals surface area contributed by atoms with Crippen molar-refractivity contribution in [2.45, 2.75) is 45.7 Å². The minimum atomic E-state index is -0.127. The van der Waals surface area contributed by atoms with Crippen LogP contribution in [0.5, 0.6) is 0 Å². The predicted molar refractivity (Wildman–Crippen MR) is 74.7 cm³/mol. The molecule has 5 nitrogen and oxygen atoms in total. The molecule has 1 fully saturated rings. The number of hydrogen-bond donors (Lipinski definition) is 1. The number of hydrogen-bond acceptors (Lipinski definition) is 3. The lowest BCUT2D eigenvalue weighted by molar-refractivity contribution is -0.133. The van der Waals surface area contributed by atoms with Crippen LogP contribution in [0.3, 0.4) is 0 Å². The van der Waals surface area contributed by atoms with E-state index in [1.807, 2.05) is 36.7 Å². The number of carbonyl (C=O) groups is 1. The fourth-order valence-corrected chi connectivity index (χ4v) is 2.46. The van der Waals surface area contributed by atoms with Crippen LogP contribution in [0.25, 0.3) is 0 Å². The molecule has 1 N–H and O–H groups in total. The van der Waals surface area contributed by atoms with Gasteiger partial charge in [-0.15, -0.1) is 0 Å². The number of aryl methyl sites for hydroxylation is 1. The summed E-state index contributed by atoms with van der Waals surface area (Å²) in [6.07, 6.45) is 5.39. The Kier molecular flexibility index (Phi) is 4.58. The molecule has 0 saturated carbocycles. The molecule has 1 aromatic heterocycles. The molecule has 1 aromatic rings. The Morgan fingerprint density at radius 2 is 2.11 bits per heavy atom. The Bertz CT molecular complexity index is 435. The van der Waals surface area contributed by atoms with Crippen molar-refractivity contribution in [3.8, 4) is 0 Å². The number of carbonyl (C=O) groups excluding carboxylic acids is 1. The van der Waals surface area contributed by atoms with Gasteiger partial charge < -0.3 is 10.2 Å². The van der Waals surface area contributed by atoms with Gasteiger partial charge in [-0.05, 0) is 33.1 Å². The third-order valence-electron chi connectivity index (χ3n) is 3.97. The van der Waals surface area contributed by atoms with Crippen molar-refractivity contribution in [2.24, 2.45) is 7.05 Å². The number of rotatable bonds is 4. The van der Waals surface area contributed by atoms with E-state index in [9.17, 15) is 4.79 Å². The monoisotopic (exact) mass is 264 g/mol. The topological polar surface area (TPSA) is 50.2 Å². The minimum Gasteiger partial charge on any atom is -0.341 e. The molecule has 19 heavy (non-hydrogen) atoms. The molecule has 0 spiro atoms. The van der Waals surface area contributed by atoms with E-state index >= 15 is 0 Å². The third kappa shape index (κ3) is 3.35. The zero-order valence-corrected chi connectivity index (χ0v) is 12.1. The Balaban J connectivity index is 1.85. The van der Waals surface area contributed by atoms with E-state index in [0.717, 1.165) is 37.2 Å². The minimum absolute atomic E-state index is 0.127. The molecule has 0 radical (unpaired) electrons. The van der Waals surface area contributed by atoms with Crippen molar-refractivity contribution in [3.63, 3.8) is 0 Å². The third-order valence-corrected chi connectivity index (χ3v) is 3.97. The number of nitrogens with zero attached hydrogens (tertiary/aromatic N) is 3. The molecule has 1 saturated heterocycles. The lowest BCUT2D eigenvalue weighted by atomic mass is 10.1. The number of likely N-dealkylation sites (tertiary alicyclic amines) is 1. The lowest BCUT2D eigenvalue weighted by Crippen LogP contribution is -2.46. The van der Waals surface area contributed by atoms with Crippen LogP contribution >= 0.6 is 0 Å². The highest BCUT2D eigenvalue weighted by Gasteiger charge is 2.21. The smallest absolute Gasteiger partial charge is 0.239 e. The van der Waals surface area contributed by atoms with E-state index in [4.69, 9.17) is 0 Å². The summed E-state index contributed by atoms with van der Waals surface area (Å²) in [5, 5.41) is 7.52. The molecule has 1 unspecified atom stereocenters. The summed E-state index contributed by atoms with van der Waals surface area (Å²) < 4.78 is 1.86. The molecule has 0 aromatic carbocycles. The summed E-state index contributed by atoms with van der Waals surface area (Å²) in [5.74, 6) is 0.223. The Labute approximate surface area is 115 Å². The highest BCUT2D eigenvalue weighted by Crippen LogP contribution is 2.11. The van der Waals surface area contributed by atoms with Gasteiger partial charge >= 0.3 is 0 Å². The zero-order chi connectivity index (χ0) is 13.8. The predicted octanol–water partition coefficient (Wildman–Crippen LogP) is 1.22. The van der Waals surface area contributed by atoms with Gasteiger partial charge in [0.25, 0.3) is 0 Å². The molecule has 1 atom stereocenters. The van der Waals surface area contributed by atoms with Gasteiger partial charge in [-0.25, -0.2) is 0 Å². The molecular weight excluding hydrogens is 240 g/mol. The fourth-order valence-electron chi connectivity index (χ4n) is 2.46. The van der Waals surface area contributed by atoms with Crippen molar-refractivity contribution in [3.05, 3.63) is 17.5 Å². The van der Waals surface area contributed by atoms with E-state index in [1.54, 1.807) is 0 Å². The van der Waals surface area contributed by atoms with E-state index in [1.165, 1.54) is 6.42 Å². The van der Waals surface area contributed by atoms with E-state index in [-0.39, 0.29) is 11.9 Å². The second kappa shape index (κ2) is 6.19. The quantitative estimate of drug-likeness (QED) is 0.889. The van der Waals surface area contributed by atoms with Gasteiger partial charge in [-0.3, -0.25) is 9.48 Å². The van der Waals surface area contributed by atoms with Crippen molar-refractivity contribution < 1.29 is 4.79 Å². The summed E-state index contributed by atoms with van der Waals surface area (Å²) in [5.41, 5.74) is 2.30. The van der Waals surface area contributed by atoms with Gasteiger partial charge in [0, 0.05) is 37.9 Å². The molecule has 2 rings (SSSR count). The van der Waals surface area contributed by atoms with Gasteiger partial charge in [0.1, 0.15) is 0 Å². The first-order valence-electron chi connectivity index (χ1n) is 7.09. The largest absolute Gasteiger partial charge is 0.341 e. The van der Waals surface area contributed by atoms with E-state index in [0.29, 0.717) is 6.54 Å². The second-order valence-electron chi connectivity index (χ2n) is 5.37. The Morgan fingerprint density at radius 3 is 2.68 bits per heavy atom. The summed E-state index contributed by atoms with van der Waals surface area (Å²) >= 11 is 0. The fraction of sp³-hybridized carbons (Fsp3) is 0.714. The maximum atomic E-state index is 12.3. The van der Waals surface area contributed by atoms with Crippen LogP contribution in [-0.4, -0.2) is 39.7 Å². The average molecular weight is 264 g/mol. The molecule has 1 amide bonds. The van der Waals surface area contributed by atoms with Crippen molar-refractivity contribution in [1.29, 1.82) is 0 Å². The number of amides is 1. The van der Waals surface area contributed by atoms with Crippen LogP contribution in [-0.2, 0) is 18.4 Å². The van der Waals surface area contributed by atoms with Gasteiger partial charge in [0.2, 0.25) is 5.91 Å². The summed E-state index contributed by atoms with van der Waals surface area (Å²) in [6, 6.07) is -0.127. The highest BCUT2D eigenvalue weighted by molar-refractivity contribution is 5.81. The van der Waals surface area contributed by atoms with Crippen molar-refractivity contribution >= 4 is 5.91 Å². The van der Waals surface area contributed by atoms with Crippen molar-refractivity contribution in [2.75, 3.05) is 13.1 Å². The maximum absolute atomic E-state index is 12.3. The van der Waals surface area contributed by atoms with Crippen molar-refractivity contribution in [1.82, 2.24) is 20.0 Å². The molecular formula is C14H24N4O. The van der Waals surface area contributed by atoms with E-state index in [2.05, 4.69) is 10.4 Å².